The lowest BCUT2D eigenvalue weighted by atomic mass is 9.80. The molecule has 1 rings (SSSR count). The van der Waals surface area contributed by atoms with Crippen molar-refractivity contribution in [1.82, 2.24) is 4.90 Å². The largest absolute Gasteiger partial charge is 0.333 e. The minimum absolute atomic E-state index is 0.516. The number of unbranched alkanes of at least 4 members (excludes halogenated alkanes) is 1. The SMILES string of the molecule is C#CN(C)C(C/C=C\C)CCCCC1CCC(C)CC1.C=C.CC.CC.CC.CC.CC=C(C)C.CCC. The summed E-state index contributed by atoms with van der Waals surface area (Å²) in [6.45, 7) is 36.9. The first-order valence-electron chi connectivity index (χ1n) is 16.3. The van der Waals surface area contributed by atoms with Crippen molar-refractivity contribution in [2.45, 2.75) is 174 Å². The molecule has 1 nitrogen and oxygen atoms in total. The molecule has 1 saturated carbocycles. The average molecular weight is 538 g/mol. The average Bonchev–Trinajstić information content (AvgIpc) is 2.99. The Labute approximate surface area is 247 Å². The van der Waals surface area contributed by atoms with Gasteiger partial charge in [0, 0.05) is 19.1 Å². The molecule has 232 valence electrons. The second-order valence-corrected chi connectivity index (χ2v) is 8.68. The number of nitrogens with zero attached hydrogens (tertiary/aromatic N) is 1. The third-order valence-electron chi connectivity index (χ3n) is 5.51. The van der Waals surface area contributed by atoms with Crippen molar-refractivity contribution < 1.29 is 0 Å². The topological polar surface area (TPSA) is 3.24 Å². The van der Waals surface area contributed by atoms with Crippen LogP contribution in [0.5, 0.6) is 0 Å². The summed E-state index contributed by atoms with van der Waals surface area (Å²) in [6.07, 6.45) is 25.5. The monoisotopic (exact) mass is 538 g/mol. The van der Waals surface area contributed by atoms with Gasteiger partial charge in [0.25, 0.3) is 0 Å². The molecule has 0 aromatic heterocycles. The van der Waals surface area contributed by atoms with Crippen molar-refractivity contribution in [2.24, 2.45) is 11.8 Å². The Morgan fingerprint density at radius 1 is 0.895 bits per heavy atom. The van der Waals surface area contributed by atoms with Gasteiger partial charge in [-0.2, -0.15) is 0 Å². The molecule has 1 unspecified atom stereocenters. The van der Waals surface area contributed by atoms with Crippen molar-refractivity contribution in [1.29, 1.82) is 0 Å². The van der Waals surface area contributed by atoms with Gasteiger partial charge in [-0.05, 0) is 52.4 Å². The summed E-state index contributed by atoms with van der Waals surface area (Å²) in [7, 11) is 2.04. The molecule has 0 aromatic carbocycles. The van der Waals surface area contributed by atoms with E-state index in [0.29, 0.717) is 6.04 Å². The normalized spacial score (nSPS) is 15.0. The van der Waals surface area contributed by atoms with E-state index >= 15 is 0 Å². The highest BCUT2D eigenvalue weighted by Gasteiger charge is 2.18. The van der Waals surface area contributed by atoms with Gasteiger partial charge in [0.1, 0.15) is 0 Å². The lowest BCUT2D eigenvalue weighted by Gasteiger charge is -2.27. The fourth-order valence-corrected chi connectivity index (χ4v) is 3.30. The molecule has 38 heavy (non-hydrogen) atoms. The highest BCUT2D eigenvalue weighted by Crippen LogP contribution is 2.31. The Kier molecular flexibility index (Phi) is 77.9. The second-order valence-electron chi connectivity index (χ2n) is 8.68. The van der Waals surface area contributed by atoms with E-state index < -0.39 is 0 Å². The van der Waals surface area contributed by atoms with Crippen molar-refractivity contribution >= 4 is 0 Å². The molecule has 1 aliphatic rings. The molecule has 1 heteroatoms. The van der Waals surface area contributed by atoms with Gasteiger partial charge < -0.3 is 4.90 Å². The Hall–Kier alpha value is -1.42. The van der Waals surface area contributed by atoms with Crippen LogP contribution >= 0.6 is 0 Å². The highest BCUT2D eigenvalue weighted by molar-refractivity contribution is 4.92. The van der Waals surface area contributed by atoms with E-state index in [1.54, 1.807) is 0 Å². The van der Waals surface area contributed by atoms with Crippen molar-refractivity contribution in [2.75, 3.05) is 7.05 Å². The quantitative estimate of drug-likeness (QED) is 0.129. The third-order valence-corrected chi connectivity index (χ3v) is 5.51. The standard InChI is InChI=1S/C19H33N.C5H10.C3H8.4C2H6.C2H4/c1-5-7-11-19(20(4)6-2)12-9-8-10-18-15-13-17(3)14-16-18;1-4-5(2)3;1-3-2;5*1-2/h2,5,7,17-19H,8-16H2,1,3-4H3;4H,1-3H3;3H2,1-2H3;4*1-2H3;1-2H2/b7-5-;;;;;;;. The zero-order chi connectivity index (χ0) is 31.8. The predicted molar refractivity (Wildman–Crippen MR) is 187 cm³/mol. The molecule has 1 aliphatic carbocycles. The summed E-state index contributed by atoms with van der Waals surface area (Å²) >= 11 is 0. The number of terminal acetylenes is 1. The summed E-state index contributed by atoms with van der Waals surface area (Å²) < 4.78 is 0. The van der Waals surface area contributed by atoms with Gasteiger partial charge in [-0.15, -0.1) is 13.2 Å². The summed E-state index contributed by atoms with van der Waals surface area (Å²) in [5.41, 5.74) is 1.38. The van der Waals surface area contributed by atoms with Crippen LogP contribution in [0.2, 0.25) is 0 Å². The van der Waals surface area contributed by atoms with E-state index in [1.807, 2.05) is 74.3 Å². The lowest BCUT2D eigenvalue weighted by molar-refractivity contribution is 0.265. The van der Waals surface area contributed by atoms with Crippen LogP contribution in [0, 0.1) is 24.3 Å². The van der Waals surface area contributed by atoms with Crippen molar-refractivity contribution in [3.63, 3.8) is 0 Å². The van der Waals surface area contributed by atoms with Crippen molar-refractivity contribution in [3.05, 3.63) is 37.0 Å². The number of hydrogen-bond acceptors (Lipinski definition) is 1. The summed E-state index contributed by atoms with van der Waals surface area (Å²) in [4.78, 5) is 2.04. The van der Waals surface area contributed by atoms with E-state index in [2.05, 4.69) is 79.0 Å². The molecule has 0 N–H and O–H groups in total. The van der Waals surface area contributed by atoms with Gasteiger partial charge in [0.15, 0.2) is 0 Å². The summed E-state index contributed by atoms with van der Waals surface area (Å²) in [5.74, 6) is 1.98. The van der Waals surface area contributed by atoms with E-state index in [4.69, 9.17) is 6.42 Å². The van der Waals surface area contributed by atoms with Crippen LogP contribution in [0.3, 0.4) is 0 Å². The summed E-state index contributed by atoms with van der Waals surface area (Å²) in [6, 6.07) is 3.28. The molecule has 0 aliphatic heterocycles. The molecule has 0 radical (unpaired) electrons. The predicted octanol–water partition coefficient (Wildman–Crippen LogP) is 13.5. The molecule has 1 atom stereocenters. The molecule has 0 saturated heterocycles. The van der Waals surface area contributed by atoms with Crippen LogP contribution in [0.15, 0.2) is 37.0 Å². The van der Waals surface area contributed by atoms with Crippen LogP contribution in [0.1, 0.15) is 168 Å². The van der Waals surface area contributed by atoms with Gasteiger partial charge >= 0.3 is 0 Å². The van der Waals surface area contributed by atoms with E-state index in [1.165, 1.54) is 63.4 Å². The molecule has 0 aromatic rings. The van der Waals surface area contributed by atoms with Gasteiger partial charge in [-0.3, -0.25) is 0 Å². The molecule has 0 spiro atoms. The van der Waals surface area contributed by atoms with Crippen LogP contribution in [0.25, 0.3) is 0 Å². The maximum absolute atomic E-state index is 5.53. The number of rotatable bonds is 8. The molecule has 0 bridgehead atoms. The maximum atomic E-state index is 5.53. The molecule has 0 amide bonds. The fraction of sp³-hybridized carbons (Fsp3) is 0.784. The number of allylic oxidation sites excluding steroid dienone is 3. The zero-order valence-corrected chi connectivity index (χ0v) is 30.0. The molecular weight excluding hydrogens is 458 g/mol. The van der Waals surface area contributed by atoms with Crippen molar-refractivity contribution in [3.8, 4) is 12.5 Å². The van der Waals surface area contributed by atoms with E-state index in [9.17, 15) is 0 Å². The van der Waals surface area contributed by atoms with Crippen LogP contribution in [-0.4, -0.2) is 18.0 Å². The maximum Gasteiger partial charge on any atom is 0.0402 e. The molecular formula is C37H79N. The fourth-order valence-electron chi connectivity index (χ4n) is 3.30. The first-order valence-corrected chi connectivity index (χ1v) is 16.3. The highest BCUT2D eigenvalue weighted by atomic mass is 15.1. The van der Waals surface area contributed by atoms with Gasteiger partial charge in [-0.1, -0.05) is 158 Å². The minimum atomic E-state index is 0.516. The second kappa shape index (κ2) is 55.9. The molecule has 0 heterocycles. The third kappa shape index (κ3) is 51.3. The first-order chi connectivity index (χ1) is 18.4. The zero-order valence-electron chi connectivity index (χ0n) is 30.0. The Morgan fingerprint density at radius 3 is 1.61 bits per heavy atom. The Bertz CT molecular complexity index is 428. The van der Waals surface area contributed by atoms with Crippen LogP contribution in [0.4, 0.5) is 0 Å². The lowest BCUT2D eigenvalue weighted by Crippen LogP contribution is -2.26. The number of hydrogen-bond donors (Lipinski definition) is 0. The summed E-state index contributed by atoms with van der Waals surface area (Å²) in [5, 5.41) is 0. The van der Waals surface area contributed by atoms with Crippen LogP contribution in [-0.2, 0) is 0 Å². The van der Waals surface area contributed by atoms with Gasteiger partial charge in [0.05, 0.1) is 0 Å². The first kappa shape index (κ1) is 52.9. The Balaban J connectivity index is -0.0000000886. The van der Waals surface area contributed by atoms with Gasteiger partial charge in [-0.25, -0.2) is 0 Å². The smallest absolute Gasteiger partial charge is 0.0402 e. The minimum Gasteiger partial charge on any atom is -0.333 e. The molecule has 1 fully saturated rings. The van der Waals surface area contributed by atoms with Crippen LogP contribution < -0.4 is 0 Å². The van der Waals surface area contributed by atoms with Gasteiger partial charge in [0.2, 0.25) is 0 Å². The Morgan fingerprint density at radius 2 is 1.29 bits per heavy atom. The van der Waals surface area contributed by atoms with E-state index in [-0.39, 0.29) is 0 Å². The van der Waals surface area contributed by atoms with E-state index in [0.717, 1.165) is 18.3 Å².